The summed E-state index contributed by atoms with van der Waals surface area (Å²) in [6.45, 7) is 1.77. The second-order valence-corrected chi connectivity index (χ2v) is 6.43. The molecule has 3 aromatic rings. The highest BCUT2D eigenvalue weighted by Gasteiger charge is 2.16. The summed E-state index contributed by atoms with van der Waals surface area (Å²) in [5, 5.41) is 3.20. The summed E-state index contributed by atoms with van der Waals surface area (Å²) in [6, 6.07) is 18.9. The molecule has 3 rings (SSSR count). The van der Waals surface area contributed by atoms with Gasteiger partial charge in [0, 0.05) is 29.0 Å². The fourth-order valence-electron chi connectivity index (χ4n) is 2.36. The van der Waals surface area contributed by atoms with Crippen molar-refractivity contribution in [3.05, 3.63) is 76.7 Å². The van der Waals surface area contributed by atoms with Crippen LogP contribution in [0.25, 0.3) is 0 Å². The largest absolute Gasteiger partial charge is 0.340 e. The van der Waals surface area contributed by atoms with Crippen molar-refractivity contribution in [2.45, 2.75) is 6.92 Å². The van der Waals surface area contributed by atoms with Crippen LogP contribution in [-0.4, -0.2) is 22.9 Å². The molecule has 0 fully saturated rings. The molecule has 2 aromatic carbocycles. The third-order valence-electron chi connectivity index (χ3n) is 3.62. The lowest BCUT2D eigenvalue weighted by atomic mass is 10.2. The number of aryl methyl sites for hydroxylation is 1. The monoisotopic (exact) mass is 396 g/mol. The van der Waals surface area contributed by atoms with Crippen molar-refractivity contribution >= 4 is 39.0 Å². The molecular weight excluding hydrogens is 380 g/mol. The van der Waals surface area contributed by atoms with Crippen LogP contribution in [0.1, 0.15) is 16.3 Å². The molecule has 0 spiro atoms. The Bertz CT molecular complexity index is 882. The zero-order chi connectivity index (χ0) is 17.8. The molecule has 5 nitrogen and oxygen atoms in total. The van der Waals surface area contributed by atoms with E-state index < -0.39 is 0 Å². The predicted molar refractivity (Wildman–Crippen MR) is 103 cm³/mol. The van der Waals surface area contributed by atoms with E-state index in [9.17, 15) is 4.79 Å². The quantitative estimate of drug-likeness (QED) is 0.701. The predicted octanol–water partition coefficient (Wildman–Crippen LogP) is 4.57. The molecule has 126 valence electrons. The number of benzene rings is 2. The van der Waals surface area contributed by atoms with E-state index >= 15 is 0 Å². The summed E-state index contributed by atoms with van der Waals surface area (Å²) in [6.07, 6.45) is 0. The first-order valence-corrected chi connectivity index (χ1v) is 8.53. The third-order valence-corrected chi connectivity index (χ3v) is 4.15. The molecule has 0 aliphatic heterocycles. The van der Waals surface area contributed by atoms with E-state index in [-0.39, 0.29) is 5.91 Å². The number of halogens is 1. The van der Waals surface area contributed by atoms with Crippen molar-refractivity contribution in [1.82, 2.24) is 9.97 Å². The summed E-state index contributed by atoms with van der Waals surface area (Å²) < 4.78 is 0.997. The molecule has 0 radical (unpaired) electrons. The number of rotatable bonds is 4. The first-order valence-electron chi connectivity index (χ1n) is 7.74. The maximum Gasteiger partial charge on any atom is 0.276 e. The zero-order valence-electron chi connectivity index (χ0n) is 13.9. The van der Waals surface area contributed by atoms with Crippen molar-refractivity contribution in [3.63, 3.8) is 0 Å². The fourth-order valence-corrected chi connectivity index (χ4v) is 2.63. The fraction of sp³-hybridized carbons (Fsp3) is 0.105. The molecule has 1 amide bonds. The van der Waals surface area contributed by atoms with Crippen LogP contribution in [0.5, 0.6) is 0 Å². The van der Waals surface area contributed by atoms with Gasteiger partial charge in [-0.25, -0.2) is 9.97 Å². The normalized spacial score (nSPS) is 10.4. The van der Waals surface area contributed by atoms with Gasteiger partial charge in [-0.1, -0.05) is 34.1 Å². The summed E-state index contributed by atoms with van der Waals surface area (Å²) in [7, 11) is 1.73. The lowest BCUT2D eigenvalue weighted by Crippen LogP contribution is -2.27. The number of anilines is 3. The van der Waals surface area contributed by atoms with Crippen LogP contribution >= 0.6 is 15.9 Å². The van der Waals surface area contributed by atoms with Gasteiger partial charge in [-0.05, 0) is 43.3 Å². The number of para-hydroxylation sites is 1. The van der Waals surface area contributed by atoms with Gasteiger partial charge in [-0.3, -0.25) is 4.79 Å². The first kappa shape index (κ1) is 17.1. The highest BCUT2D eigenvalue weighted by molar-refractivity contribution is 9.10. The Balaban J connectivity index is 1.86. The SMILES string of the molecule is Cc1nc(Nc2ccc(Br)cc2)cc(C(=O)N(C)c2ccccc2)n1. The van der Waals surface area contributed by atoms with Crippen molar-refractivity contribution < 1.29 is 4.79 Å². The number of carbonyl (C=O) groups is 1. The van der Waals surface area contributed by atoms with Crippen LogP contribution < -0.4 is 10.2 Å². The molecule has 1 heterocycles. The molecule has 0 bridgehead atoms. The lowest BCUT2D eigenvalue weighted by Gasteiger charge is -2.17. The van der Waals surface area contributed by atoms with Crippen molar-refractivity contribution in [2.75, 3.05) is 17.3 Å². The Morgan fingerprint density at radius 1 is 1.04 bits per heavy atom. The average molecular weight is 397 g/mol. The third kappa shape index (κ3) is 4.22. The van der Waals surface area contributed by atoms with Gasteiger partial charge in [0.1, 0.15) is 17.3 Å². The summed E-state index contributed by atoms with van der Waals surface area (Å²) >= 11 is 3.41. The van der Waals surface area contributed by atoms with E-state index in [0.717, 1.165) is 15.8 Å². The molecule has 1 aromatic heterocycles. The molecule has 0 saturated carbocycles. The van der Waals surface area contributed by atoms with Crippen LogP contribution in [-0.2, 0) is 0 Å². The van der Waals surface area contributed by atoms with Gasteiger partial charge in [0.05, 0.1) is 0 Å². The van der Waals surface area contributed by atoms with E-state index in [0.29, 0.717) is 17.3 Å². The summed E-state index contributed by atoms with van der Waals surface area (Å²) in [5.41, 5.74) is 2.04. The Morgan fingerprint density at radius 3 is 2.40 bits per heavy atom. The van der Waals surface area contributed by atoms with Gasteiger partial charge in [0.25, 0.3) is 5.91 Å². The van der Waals surface area contributed by atoms with Gasteiger partial charge < -0.3 is 10.2 Å². The summed E-state index contributed by atoms with van der Waals surface area (Å²) in [5.74, 6) is 0.933. The van der Waals surface area contributed by atoms with E-state index in [1.807, 2.05) is 54.6 Å². The van der Waals surface area contributed by atoms with Crippen LogP contribution in [0.4, 0.5) is 17.2 Å². The summed E-state index contributed by atoms with van der Waals surface area (Å²) in [4.78, 5) is 23.0. The smallest absolute Gasteiger partial charge is 0.276 e. The molecule has 0 aliphatic carbocycles. The minimum absolute atomic E-state index is 0.185. The first-order chi connectivity index (χ1) is 12.0. The Hall–Kier alpha value is -2.73. The zero-order valence-corrected chi connectivity index (χ0v) is 15.5. The molecular formula is C19H17BrN4O. The standard InChI is InChI=1S/C19H17BrN4O/c1-13-21-17(19(25)24(2)16-6-4-3-5-7-16)12-18(22-13)23-15-10-8-14(20)9-11-15/h3-12H,1-2H3,(H,21,22,23). The highest BCUT2D eigenvalue weighted by Crippen LogP contribution is 2.20. The second kappa shape index (κ2) is 7.44. The number of carbonyl (C=O) groups excluding carboxylic acids is 1. The molecule has 0 atom stereocenters. The second-order valence-electron chi connectivity index (χ2n) is 5.52. The maximum absolute atomic E-state index is 12.7. The molecule has 0 saturated heterocycles. The number of nitrogens with zero attached hydrogens (tertiary/aromatic N) is 3. The minimum Gasteiger partial charge on any atom is -0.340 e. The highest BCUT2D eigenvalue weighted by atomic mass is 79.9. The van der Waals surface area contributed by atoms with Gasteiger partial charge >= 0.3 is 0 Å². The lowest BCUT2D eigenvalue weighted by molar-refractivity contribution is 0.0988. The van der Waals surface area contributed by atoms with Crippen molar-refractivity contribution in [3.8, 4) is 0 Å². The number of amides is 1. The number of nitrogens with one attached hydrogen (secondary N) is 1. The average Bonchev–Trinajstić information content (AvgIpc) is 2.62. The molecule has 25 heavy (non-hydrogen) atoms. The van der Waals surface area contributed by atoms with E-state index in [4.69, 9.17) is 0 Å². The Kier molecular flexibility index (Phi) is 5.09. The van der Waals surface area contributed by atoms with Gasteiger partial charge in [0.2, 0.25) is 0 Å². The topological polar surface area (TPSA) is 58.1 Å². The molecule has 1 N–H and O–H groups in total. The number of hydrogen-bond acceptors (Lipinski definition) is 4. The van der Waals surface area contributed by atoms with Gasteiger partial charge in [-0.15, -0.1) is 0 Å². The molecule has 0 aliphatic rings. The Morgan fingerprint density at radius 2 is 1.72 bits per heavy atom. The minimum atomic E-state index is -0.185. The van der Waals surface area contributed by atoms with Crippen molar-refractivity contribution in [1.29, 1.82) is 0 Å². The van der Waals surface area contributed by atoms with Gasteiger partial charge in [-0.2, -0.15) is 0 Å². The van der Waals surface area contributed by atoms with Gasteiger partial charge in [0.15, 0.2) is 0 Å². The van der Waals surface area contributed by atoms with Crippen LogP contribution in [0.15, 0.2) is 65.1 Å². The van der Waals surface area contributed by atoms with E-state index in [1.165, 1.54) is 0 Å². The van der Waals surface area contributed by atoms with E-state index in [1.54, 1.807) is 24.9 Å². The molecule has 0 unspecified atom stereocenters. The van der Waals surface area contributed by atoms with E-state index in [2.05, 4.69) is 31.2 Å². The van der Waals surface area contributed by atoms with Crippen molar-refractivity contribution in [2.24, 2.45) is 0 Å². The Labute approximate surface area is 154 Å². The number of aromatic nitrogens is 2. The van der Waals surface area contributed by atoms with Crippen LogP contribution in [0.3, 0.4) is 0 Å². The molecule has 6 heteroatoms. The van der Waals surface area contributed by atoms with Crippen LogP contribution in [0.2, 0.25) is 0 Å². The maximum atomic E-state index is 12.7. The van der Waals surface area contributed by atoms with Crippen LogP contribution in [0, 0.1) is 6.92 Å². The number of hydrogen-bond donors (Lipinski definition) is 1.